The molecule has 0 radical (unpaired) electrons. The average molecular weight is 1200 g/mol. The highest BCUT2D eigenvalue weighted by Gasteiger charge is 2.52. The van der Waals surface area contributed by atoms with Gasteiger partial charge in [0.2, 0.25) is 0 Å². The highest BCUT2D eigenvalue weighted by Crippen LogP contribution is 2.63. The second-order valence-electron chi connectivity index (χ2n) is 29.1. The molecule has 13 aromatic rings. The minimum atomic E-state index is -0.455. The summed E-state index contributed by atoms with van der Waals surface area (Å²) in [5.74, 6) is 0. The summed E-state index contributed by atoms with van der Waals surface area (Å²) >= 11 is 0. The molecule has 0 fully saturated rings. The Balaban J connectivity index is 0.785. The second-order valence-corrected chi connectivity index (χ2v) is 29.1. The fourth-order valence-electron chi connectivity index (χ4n) is 16.5. The first-order valence-corrected chi connectivity index (χ1v) is 34.2. The van der Waals surface area contributed by atoms with Crippen LogP contribution in [0.2, 0.25) is 0 Å². The number of aromatic nitrogens is 1. The standard InChI is InChI=1S/C91H82N2/c1-9-10-11-12-13-25-52-90(8)83-56-64(40-48-75(83)76-49-42-66(58-84(76)90)88(2,3)4)65-53-67(89(5,6)7)57-71(54-65)93-86-35-24-20-31-78(86)79-55-63(41-51-87(79)93)62-38-45-69(46-39-62)92(68-43-36-61(37-44-68)60-26-15-14-16-27-60)70-47-50-77-74-30-19-23-34-82(74)91(85(77)59-70)80-32-21-17-28-72(80)73-29-18-22-33-81(73)91/h14-24,26-51,53-59H,9-13,25,52H2,1-8H3. The summed E-state index contributed by atoms with van der Waals surface area (Å²) in [5, 5.41) is 2.49. The zero-order valence-electron chi connectivity index (χ0n) is 55.2. The molecule has 0 bridgehead atoms. The van der Waals surface area contributed by atoms with Crippen molar-refractivity contribution in [3.8, 4) is 72.4 Å². The van der Waals surface area contributed by atoms with Crippen molar-refractivity contribution in [2.45, 2.75) is 122 Å². The molecule has 0 N–H and O–H groups in total. The first-order valence-electron chi connectivity index (χ1n) is 34.2. The van der Waals surface area contributed by atoms with Gasteiger partial charge in [0.15, 0.2) is 0 Å². The molecule has 3 aliphatic carbocycles. The van der Waals surface area contributed by atoms with Crippen molar-refractivity contribution in [3.05, 3.63) is 311 Å². The van der Waals surface area contributed by atoms with Crippen molar-refractivity contribution < 1.29 is 0 Å². The number of nitrogens with zero attached hydrogens (tertiary/aromatic N) is 2. The quantitative estimate of drug-likeness (QED) is 0.0985. The summed E-state index contributed by atoms with van der Waals surface area (Å²) in [6, 6.07) is 102. The summed E-state index contributed by atoms with van der Waals surface area (Å²) in [4.78, 5) is 2.46. The van der Waals surface area contributed by atoms with Crippen molar-refractivity contribution >= 4 is 38.9 Å². The Kier molecular flexibility index (Phi) is 14.1. The molecular formula is C91H82N2. The number of unbranched alkanes of at least 4 members (excludes halogenated alkanes) is 5. The third-order valence-corrected chi connectivity index (χ3v) is 21.4. The fraction of sp³-hybridized carbons (Fsp3) is 0.209. The molecule has 0 saturated heterocycles. The number of anilines is 3. The molecule has 12 aromatic carbocycles. The Hall–Kier alpha value is -9.76. The lowest BCUT2D eigenvalue weighted by atomic mass is 9.70. The molecule has 93 heavy (non-hydrogen) atoms. The predicted octanol–water partition coefficient (Wildman–Crippen LogP) is 25.2. The minimum Gasteiger partial charge on any atom is -0.310 e. The summed E-state index contributed by atoms with van der Waals surface area (Å²) < 4.78 is 2.53. The van der Waals surface area contributed by atoms with Gasteiger partial charge in [0.1, 0.15) is 0 Å². The topological polar surface area (TPSA) is 8.17 Å². The van der Waals surface area contributed by atoms with Gasteiger partial charge in [0, 0.05) is 38.9 Å². The van der Waals surface area contributed by atoms with E-state index in [9.17, 15) is 0 Å². The van der Waals surface area contributed by atoms with E-state index in [0.29, 0.717) is 0 Å². The molecule has 0 saturated carbocycles. The molecule has 0 aliphatic heterocycles. The van der Waals surface area contributed by atoms with Crippen molar-refractivity contribution in [2.24, 2.45) is 0 Å². The molecule has 0 amide bonds. The van der Waals surface area contributed by atoms with Crippen LogP contribution < -0.4 is 4.90 Å². The number of hydrogen-bond donors (Lipinski definition) is 0. The van der Waals surface area contributed by atoms with E-state index in [-0.39, 0.29) is 16.2 Å². The van der Waals surface area contributed by atoms with Gasteiger partial charge in [-0.3, -0.25) is 0 Å². The van der Waals surface area contributed by atoms with Gasteiger partial charge >= 0.3 is 0 Å². The molecule has 1 heterocycles. The smallest absolute Gasteiger partial charge is 0.0726 e. The molecule has 1 spiro atoms. The van der Waals surface area contributed by atoms with Crippen LogP contribution in [0.3, 0.4) is 0 Å². The average Bonchev–Trinajstić information content (AvgIpc) is 1.51. The van der Waals surface area contributed by atoms with E-state index < -0.39 is 5.41 Å². The molecule has 1 unspecified atom stereocenters. The minimum absolute atomic E-state index is 0.0719. The van der Waals surface area contributed by atoms with Crippen molar-refractivity contribution in [1.29, 1.82) is 0 Å². The van der Waals surface area contributed by atoms with Crippen LogP contribution in [0.15, 0.2) is 267 Å². The molecule has 1 atom stereocenters. The third kappa shape index (κ3) is 9.57. The molecule has 2 nitrogen and oxygen atoms in total. The van der Waals surface area contributed by atoms with Crippen molar-refractivity contribution in [2.75, 3.05) is 4.90 Å². The van der Waals surface area contributed by atoms with Gasteiger partial charge in [0.25, 0.3) is 0 Å². The maximum Gasteiger partial charge on any atom is 0.0726 e. The van der Waals surface area contributed by atoms with E-state index in [1.807, 2.05) is 0 Å². The SMILES string of the molecule is CCCCCCCCC1(C)c2cc(-c3cc(-n4c5ccccc5c5cc(-c6ccc(N(c7ccc(-c8ccccc8)cc7)c7ccc8c(c7)C7(c9ccccc9-c9ccccc97)c7ccccc7-8)cc6)ccc54)cc(C(C)(C)C)c3)ccc2-c2ccc(C(C)(C)C)cc21. The zero-order valence-corrected chi connectivity index (χ0v) is 55.2. The predicted molar refractivity (Wildman–Crippen MR) is 395 cm³/mol. The second kappa shape index (κ2) is 22.5. The lowest BCUT2D eigenvalue weighted by Gasteiger charge is -2.32. The number of fused-ring (bicyclic) bond motifs is 16. The van der Waals surface area contributed by atoms with Gasteiger partial charge in [-0.05, 0) is 201 Å². The zero-order chi connectivity index (χ0) is 63.4. The number of rotatable bonds is 14. The molecular weight excluding hydrogens is 1120 g/mol. The number of benzene rings is 12. The van der Waals surface area contributed by atoms with E-state index in [4.69, 9.17) is 0 Å². The van der Waals surface area contributed by atoms with Crippen LogP contribution in [0, 0.1) is 0 Å². The van der Waals surface area contributed by atoms with Crippen LogP contribution in [0.25, 0.3) is 94.3 Å². The first kappa shape index (κ1) is 58.3. The third-order valence-electron chi connectivity index (χ3n) is 21.4. The molecule has 456 valence electrons. The highest BCUT2D eigenvalue weighted by molar-refractivity contribution is 6.11. The molecule has 16 rings (SSSR count). The number of hydrogen-bond acceptors (Lipinski definition) is 1. The van der Waals surface area contributed by atoms with Crippen LogP contribution in [0.4, 0.5) is 17.1 Å². The van der Waals surface area contributed by atoms with Gasteiger partial charge in [-0.15, -0.1) is 0 Å². The Morgan fingerprint density at radius 3 is 1.44 bits per heavy atom. The largest absolute Gasteiger partial charge is 0.310 e. The van der Waals surface area contributed by atoms with E-state index in [2.05, 4.69) is 332 Å². The summed E-state index contributed by atoms with van der Waals surface area (Å²) in [5.41, 5.74) is 32.8. The Bertz CT molecular complexity index is 4980. The van der Waals surface area contributed by atoms with E-state index in [1.54, 1.807) is 0 Å². The monoisotopic (exact) mass is 1200 g/mol. The molecule has 3 aliphatic rings. The van der Waals surface area contributed by atoms with Crippen LogP contribution in [-0.4, -0.2) is 4.57 Å². The summed E-state index contributed by atoms with van der Waals surface area (Å²) in [7, 11) is 0. The Morgan fingerprint density at radius 2 is 0.796 bits per heavy atom. The van der Waals surface area contributed by atoms with Crippen LogP contribution in [0.5, 0.6) is 0 Å². The van der Waals surface area contributed by atoms with Crippen molar-refractivity contribution in [1.82, 2.24) is 4.57 Å². The summed E-state index contributed by atoms with van der Waals surface area (Å²) in [6.07, 6.45) is 8.92. The molecule has 2 heteroatoms. The van der Waals surface area contributed by atoms with Crippen LogP contribution >= 0.6 is 0 Å². The van der Waals surface area contributed by atoms with Crippen molar-refractivity contribution in [3.63, 3.8) is 0 Å². The lowest BCUT2D eigenvalue weighted by Crippen LogP contribution is -2.26. The normalized spacial score (nSPS) is 14.9. The Morgan fingerprint density at radius 1 is 0.323 bits per heavy atom. The van der Waals surface area contributed by atoms with Gasteiger partial charge in [0.05, 0.1) is 16.4 Å². The van der Waals surface area contributed by atoms with Gasteiger partial charge in [-0.25, -0.2) is 0 Å². The van der Waals surface area contributed by atoms with E-state index >= 15 is 0 Å². The lowest BCUT2D eigenvalue weighted by molar-refractivity contribution is 0.479. The van der Waals surface area contributed by atoms with Crippen LogP contribution in [-0.2, 0) is 21.7 Å². The van der Waals surface area contributed by atoms with E-state index in [1.165, 1.54) is 177 Å². The highest BCUT2D eigenvalue weighted by atomic mass is 15.1. The van der Waals surface area contributed by atoms with Gasteiger partial charge < -0.3 is 9.47 Å². The number of para-hydroxylation sites is 1. The molecule has 1 aromatic heterocycles. The maximum atomic E-state index is 2.58. The maximum absolute atomic E-state index is 2.58. The fourth-order valence-corrected chi connectivity index (χ4v) is 16.5. The van der Waals surface area contributed by atoms with E-state index in [0.717, 1.165) is 23.5 Å². The van der Waals surface area contributed by atoms with Gasteiger partial charge in [-0.1, -0.05) is 288 Å². The first-order chi connectivity index (χ1) is 45.2. The summed E-state index contributed by atoms with van der Waals surface area (Å²) in [6.45, 7) is 19.0. The van der Waals surface area contributed by atoms with Gasteiger partial charge in [-0.2, -0.15) is 0 Å². The van der Waals surface area contributed by atoms with Crippen LogP contribution in [0.1, 0.15) is 145 Å². The Labute approximate surface area is 550 Å².